The first-order valence-corrected chi connectivity index (χ1v) is 7.29. The fourth-order valence-corrected chi connectivity index (χ4v) is 3.75. The number of nitrogens with zero attached hydrogens (tertiary/aromatic N) is 3. The van der Waals surface area contributed by atoms with E-state index in [-0.39, 0.29) is 11.2 Å². The van der Waals surface area contributed by atoms with Gasteiger partial charge in [0.15, 0.2) is 5.78 Å². The lowest BCUT2D eigenvalue weighted by atomic mass is 9.64. The molecule has 1 saturated heterocycles. The predicted octanol–water partition coefficient (Wildman–Crippen LogP) is 2.73. The van der Waals surface area contributed by atoms with E-state index in [9.17, 15) is 10.1 Å². The lowest BCUT2D eigenvalue weighted by Gasteiger charge is -2.38. The van der Waals surface area contributed by atoms with E-state index >= 15 is 0 Å². The summed E-state index contributed by atoms with van der Waals surface area (Å²) in [5, 5.41) is 9.26. The van der Waals surface area contributed by atoms with Crippen molar-refractivity contribution in [2.24, 2.45) is 10.8 Å². The molecule has 0 bridgehead atoms. The molecule has 3 rings (SSSR count). The Morgan fingerprint density at radius 3 is 2.90 bits per heavy atom. The third-order valence-electron chi connectivity index (χ3n) is 4.62. The minimum atomic E-state index is -0.454. The lowest BCUT2D eigenvalue weighted by molar-refractivity contribution is -0.125. The molecule has 1 aliphatic carbocycles. The van der Waals surface area contributed by atoms with Crippen molar-refractivity contribution in [2.75, 3.05) is 18.0 Å². The molecule has 1 atom stereocenters. The van der Waals surface area contributed by atoms with Crippen molar-refractivity contribution in [1.29, 1.82) is 5.26 Å². The summed E-state index contributed by atoms with van der Waals surface area (Å²) < 4.78 is 0. The maximum absolute atomic E-state index is 12.3. The van der Waals surface area contributed by atoms with Gasteiger partial charge in [0.1, 0.15) is 6.07 Å². The minimum absolute atomic E-state index is 0.0181. The Balaban J connectivity index is 1.92. The second-order valence-corrected chi connectivity index (χ2v) is 6.80. The maximum atomic E-state index is 12.3. The van der Waals surface area contributed by atoms with Gasteiger partial charge in [0.25, 0.3) is 0 Å². The highest BCUT2D eigenvalue weighted by molar-refractivity contribution is 6.03. The highest BCUT2D eigenvalue weighted by Crippen LogP contribution is 2.48. The van der Waals surface area contributed by atoms with Crippen LogP contribution in [0.4, 0.5) is 5.69 Å². The summed E-state index contributed by atoms with van der Waals surface area (Å²) in [5.41, 5.74) is 0.915. The van der Waals surface area contributed by atoms with Crippen molar-refractivity contribution in [2.45, 2.75) is 26.7 Å². The van der Waals surface area contributed by atoms with Gasteiger partial charge in [0.05, 0.1) is 17.5 Å². The summed E-state index contributed by atoms with van der Waals surface area (Å²) in [4.78, 5) is 18.7. The van der Waals surface area contributed by atoms with Crippen molar-refractivity contribution >= 4 is 11.5 Å². The summed E-state index contributed by atoms with van der Waals surface area (Å²) in [6, 6.07) is 6.09. The first kappa shape index (κ1) is 13.8. The van der Waals surface area contributed by atoms with Crippen LogP contribution < -0.4 is 4.90 Å². The van der Waals surface area contributed by atoms with Gasteiger partial charge in [0, 0.05) is 30.1 Å². The monoisotopic (exact) mass is 281 g/mol. The van der Waals surface area contributed by atoms with Crippen LogP contribution in [0.15, 0.2) is 36.2 Å². The summed E-state index contributed by atoms with van der Waals surface area (Å²) in [6.45, 7) is 5.69. The summed E-state index contributed by atoms with van der Waals surface area (Å²) in [7, 11) is 0. The average Bonchev–Trinajstić information content (AvgIpc) is 2.87. The normalized spacial score (nSPS) is 27.6. The number of allylic oxidation sites excluding steroid dienone is 1. The molecule has 2 heterocycles. The molecule has 1 aromatic heterocycles. The SMILES string of the molecule is CC1(C)CC2(C=C(C#N)C1=O)CCN(c1cccnc1)C2. The van der Waals surface area contributed by atoms with Gasteiger partial charge in [-0.1, -0.05) is 19.9 Å². The molecule has 108 valence electrons. The molecule has 2 aliphatic rings. The molecular formula is C17H19N3O. The van der Waals surface area contributed by atoms with Gasteiger partial charge in [-0.25, -0.2) is 0 Å². The van der Waals surface area contributed by atoms with E-state index in [1.807, 2.05) is 32.2 Å². The number of anilines is 1. The van der Waals surface area contributed by atoms with Crippen LogP contribution in [0.3, 0.4) is 0 Å². The first-order chi connectivity index (χ1) is 9.96. The van der Waals surface area contributed by atoms with Crippen LogP contribution in [0.5, 0.6) is 0 Å². The molecule has 4 nitrogen and oxygen atoms in total. The standard InChI is InChI=1S/C17H19N3O/c1-16(2)11-17(8-13(9-18)15(16)21)5-7-20(12-17)14-4-3-6-19-10-14/h3-4,6,8,10H,5,7,11-12H2,1-2H3. The van der Waals surface area contributed by atoms with Crippen LogP contribution >= 0.6 is 0 Å². The van der Waals surface area contributed by atoms with Crippen LogP contribution in [0, 0.1) is 22.2 Å². The molecule has 21 heavy (non-hydrogen) atoms. The Morgan fingerprint density at radius 1 is 1.43 bits per heavy atom. The average molecular weight is 281 g/mol. The van der Waals surface area contributed by atoms with Crippen LogP contribution in [0.1, 0.15) is 26.7 Å². The van der Waals surface area contributed by atoms with Crippen molar-refractivity contribution in [1.82, 2.24) is 4.98 Å². The number of ketones is 1. The van der Waals surface area contributed by atoms with Gasteiger partial charge in [0.2, 0.25) is 0 Å². The number of Topliss-reactive ketones (excluding diaryl/α,β-unsaturated/α-hetero) is 1. The first-order valence-electron chi connectivity index (χ1n) is 7.29. The second kappa shape index (κ2) is 4.70. The van der Waals surface area contributed by atoms with Crippen molar-refractivity contribution < 1.29 is 4.79 Å². The number of hydrogen-bond donors (Lipinski definition) is 0. The molecule has 0 radical (unpaired) electrons. The Labute approximate surface area is 125 Å². The third kappa shape index (κ3) is 2.33. The van der Waals surface area contributed by atoms with E-state index in [1.54, 1.807) is 6.20 Å². The molecule has 1 fully saturated rings. The Bertz CT molecular complexity index is 642. The van der Waals surface area contributed by atoms with E-state index in [4.69, 9.17) is 0 Å². The lowest BCUT2D eigenvalue weighted by Crippen LogP contribution is -2.40. The quantitative estimate of drug-likeness (QED) is 0.794. The summed E-state index contributed by atoms with van der Waals surface area (Å²) in [6.07, 6.45) is 7.35. The van der Waals surface area contributed by atoms with Crippen LogP contribution in [0.2, 0.25) is 0 Å². The Morgan fingerprint density at radius 2 is 2.24 bits per heavy atom. The van der Waals surface area contributed by atoms with Gasteiger partial charge in [-0.3, -0.25) is 9.78 Å². The molecular weight excluding hydrogens is 262 g/mol. The van der Waals surface area contributed by atoms with Crippen molar-refractivity contribution in [3.8, 4) is 6.07 Å². The molecule has 0 N–H and O–H groups in total. The Hall–Kier alpha value is -2.15. The summed E-state index contributed by atoms with van der Waals surface area (Å²) in [5.74, 6) is -0.0181. The van der Waals surface area contributed by atoms with E-state index in [0.29, 0.717) is 5.57 Å². The highest BCUT2D eigenvalue weighted by atomic mass is 16.1. The van der Waals surface area contributed by atoms with Gasteiger partial charge in [-0.2, -0.15) is 5.26 Å². The van der Waals surface area contributed by atoms with Crippen molar-refractivity contribution in [3.63, 3.8) is 0 Å². The fraction of sp³-hybridized carbons (Fsp3) is 0.471. The van der Waals surface area contributed by atoms with Crippen LogP contribution in [-0.4, -0.2) is 23.9 Å². The fourth-order valence-electron chi connectivity index (χ4n) is 3.75. The third-order valence-corrected chi connectivity index (χ3v) is 4.62. The number of rotatable bonds is 1. The number of aromatic nitrogens is 1. The topological polar surface area (TPSA) is 57.0 Å². The smallest absolute Gasteiger partial charge is 0.178 e. The maximum Gasteiger partial charge on any atom is 0.178 e. The zero-order valence-corrected chi connectivity index (χ0v) is 12.5. The molecule has 1 aromatic rings. The largest absolute Gasteiger partial charge is 0.369 e. The molecule has 4 heteroatoms. The zero-order chi connectivity index (χ0) is 15.1. The minimum Gasteiger partial charge on any atom is -0.369 e. The van der Waals surface area contributed by atoms with Crippen LogP contribution in [0.25, 0.3) is 0 Å². The highest BCUT2D eigenvalue weighted by Gasteiger charge is 2.48. The van der Waals surface area contributed by atoms with E-state index < -0.39 is 5.41 Å². The number of nitriles is 1. The van der Waals surface area contributed by atoms with Gasteiger partial charge >= 0.3 is 0 Å². The number of pyridine rings is 1. The molecule has 1 unspecified atom stereocenters. The predicted molar refractivity (Wildman–Crippen MR) is 80.6 cm³/mol. The van der Waals surface area contributed by atoms with E-state index in [0.717, 1.165) is 31.6 Å². The Kier molecular flexibility index (Phi) is 3.09. The van der Waals surface area contributed by atoms with E-state index in [1.165, 1.54) is 0 Å². The van der Waals surface area contributed by atoms with Gasteiger partial charge in [-0.15, -0.1) is 0 Å². The zero-order valence-electron chi connectivity index (χ0n) is 12.5. The molecule has 1 aliphatic heterocycles. The summed E-state index contributed by atoms with van der Waals surface area (Å²) >= 11 is 0. The van der Waals surface area contributed by atoms with Gasteiger partial charge in [-0.05, 0) is 25.0 Å². The van der Waals surface area contributed by atoms with Crippen molar-refractivity contribution in [3.05, 3.63) is 36.2 Å². The van der Waals surface area contributed by atoms with Crippen LogP contribution in [-0.2, 0) is 4.79 Å². The van der Waals surface area contributed by atoms with E-state index in [2.05, 4.69) is 22.0 Å². The van der Waals surface area contributed by atoms with Gasteiger partial charge < -0.3 is 4.90 Å². The molecule has 0 saturated carbocycles. The molecule has 0 aromatic carbocycles. The second-order valence-electron chi connectivity index (χ2n) is 6.80. The number of carbonyl (C=O) groups is 1. The molecule has 0 amide bonds. The number of hydrogen-bond acceptors (Lipinski definition) is 4. The molecule has 1 spiro atoms. The number of carbonyl (C=O) groups excluding carboxylic acids is 1.